The Morgan fingerprint density at radius 1 is 0.260 bits per heavy atom. The quantitative estimate of drug-likeness (QED) is 0.0460. The van der Waals surface area contributed by atoms with Crippen molar-refractivity contribution < 1.29 is 111 Å². The Balaban J connectivity index is 0.000000221. The van der Waals surface area contributed by atoms with Crippen LogP contribution in [0.15, 0.2) is 364 Å². The Morgan fingerprint density at radius 3 is 0.531 bits per heavy atom. The van der Waals surface area contributed by atoms with Crippen LogP contribution < -0.4 is 91.6 Å². The van der Waals surface area contributed by atoms with E-state index in [1.54, 1.807) is 194 Å². The van der Waals surface area contributed by atoms with Crippen LogP contribution in [0.5, 0.6) is 0 Å². The summed E-state index contributed by atoms with van der Waals surface area (Å²) >= 11 is 0. The molecule has 12 aromatic carbocycles. The molecule has 492 valence electrons. The molecule has 0 aliphatic carbocycles. The first kappa shape index (κ1) is 73.2. The van der Waals surface area contributed by atoms with E-state index in [1.807, 2.05) is 182 Å². The molecule has 0 fully saturated rings. The van der Waals surface area contributed by atoms with Crippen LogP contribution in [0.25, 0.3) is 0 Å². The number of carbonyl (C=O) groups excluding carboxylic acids is 2. The number of ketones is 2. The zero-order valence-electron chi connectivity index (χ0n) is 51.2. The number of carbonyl (C=O) groups is 2. The Morgan fingerprint density at radius 2 is 0.396 bits per heavy atom. The largest absolute Gasteiger partial charge is 1.00 e. The van der Waals surface area contributed by atoms with E-state index in [1.165, 1.54) is 12.3 Å². The number of hydrogen-bond acceptors (Lipinski definition) is 10. The summed E-state index contributed by atoms with van der Waals surface area (Å²) < 4.78 is 90.0. The van der Waals surface area contributed by atoms with E-state index in [0.29, 0.717) is 31.8 Å². The summed E-state index contributed by atoms with van der Waals surface area (Å²) in [5.41, 5.74) is 0. The van der Waals surface area contributed by atoms with Crippen LogP contribution in [0, 0.1) is 32.8 Å². The molecule has 0 atom stereocenters. The fourth-order valence-electron chi connectivity index (χ4n) is 12.6. The zero-order valence-corrected chi connectivity index (χ0v) is 60.6. The summed E-state index contributed by atoms with van der Waals surface area (Å²) in [5.74, 6) is 2.51. The number of halogens is 2. The fraction of sp³-hybridized carbons (Fsp3) is 0. The first-order valence-corrected chi connectivity index (χ1v) is 40.4. The van der Waals surface area contributed by atoms with Gasteiger partial charge in [-0.3, -0.25) is 0 Å². The van der Waals surface area contributed by atoms with Crippen molar-refractivity contribution in [2.24, 2.45) is 0 Å². The van der Waals surface area contributed by atoms with Crippen LogP contribution >= 0.6 is 27.4 Å². The summed E-state index contributed by atoms with van der Waals surface area (Å²) in [4.78, 5) is 30.3. The molecule has 0 radical (unpaired) electrons. The molecule has 18 heteroatoms. The van der Waals surface area contributed by atoms with Gasteiger partial charge in [0.2, 0.25) is 0 Å². The van der Waals surface area contributed by atoms with E-state index in [2.05, 4.69) is 0 Å². The van der Waals surface area contributed by atoms with Crippen LogP contribution in [0.3, 0.4) is 0 Å². The van der Waals surface area contributed by atoms with Gasteiger partial charge in [0.25, 0.3) is 0 Å². The summed E-state index contributed by atoms with van der Waals surface area (Å²) in [6, 6.07) is 111. The van der Waals surface area contributed by atoms with E-state index >= 15 is 9.59 Å². The van der Waals surface area contributed by atoms with Crippen molar-refractivity contribution in [3.63, 3.8) is 0 Å². The Kier molecular flexibility index (Phi) is 24.1. The van der Waals surface area contributed by atoms with Gasteiger partial charge in [-0.25, -0.2) is 0 Å². The van der Waals surface area contributed by atoms with E-state index in [-0.39, 0.29) is 44.8 Å². The predicted octanol–water partition coefficient (Wildman–Crippen LogP) is 5.74. The van der Waals surface area contributed by atoms with Crippen molar-refractivity contribution in [2.75, 3.05) is 0 Å². The standard InChI is InChI=1S/2C39H32ClO5P2.2Au/c2*41-33(31-46(34-19-7-1-8-20-34,35-21-9-2-10-22-35)36-23-11-3-12-24-36)32-47(45-40(42,43)44,37-25-13-4-14-26-37,38-27-15-5-16-28-38)39-29-17-6-18-30-39;;/h2*1-32H;;/q2*-1;2*+1. The second-order valence-corrected chi connectivity index (χ2v) is 39.0. The first-order chi connectivity index (χ1) is 45.5. The number of benzene rings is 12. The second-order valence-electron chi connectivity index (χ2n) is 21.9. The normalized spacial score (nSPS) is 12.5. The van der Waals surface area contributed by atoms with Gasteiger partial charge in [0.15, 0.2) is 0 Å². The zero-order chi connectivity index (χ0) is 65.6. The SMILES string of the molecule is O=C(C=P(c1ccccc1)(c1ccccc1)c1ccccc1)[CH-]P(O[Cl+3]([O-])([O-])[O-])(c1ccccc1)(c1ccccc1)c1ccccc1.O=C(C=P(c1ccccc1)(c1ccccc1)c1ccccc1)[CH-]P(O[Cl+3]([O-])([O-])[O-])(c1ccccc1)(c1ccccc1)c1ccccc1.[Au+].[Au+]. The Labute approximate surface area is 596 Å². The number of rotatable bonds is 22. The predicted molar refractivity (Wildman–Crippen MR) is 374 cm³/mol. The van der Waals surface area contributed by atoms with Crippen molar-refractivity contribution in [2.45, 2.75) is 0 Å². The smallest absolute Gasteiger partial charge is 1.00 e. The average molecular weight is 1750 g/mol. The molecule has 0 bridgehead atoms. The molecular weight excluding hydrogens is 1690 g/mol. The third kappa shape index (κ3) is 14.7. The van der Waals surface area contributed by atoms with Gasteiger partial charge in [0.05, 0.1) is 0 Å². The maximum absolute atomic E-state index is 15.2. The Bertz CT molecular complexity index is 3880. The molecule has 12 rings (SSSR count). The minimum absolute atomic E-state index is 0. The summed E-state index contributed by atoms with van der Waals surface area (Å²) in [7, 11) is -10.1. The molecule has 12 aromatic rings. The molecule has 0 amide bonds. The third-order valence-electron chi connectivity index (χ3n) is 16.4. The molecule has 0 aliphatic rings. The molecule has 0 saturated heterocycles. The van der Waals surface area contributed by atoms with Crippen LogP contribution in [0.2, 0.25) is 0 Å². The van der Waals surface area contributed by atoms with Crippen molar-refractivity contribution in [1.82, 2.24) is 0 Å². The Hall–Kier alpha value is -7.08. The van der Waals surface area contributed by atoms with E-state index in [9.17, 15) is 28.0 Å². The van der Waals surface area contributed by atoms with Crippen molar-refractivity contribution in [3.05, 3.63) is 376 Å². The van der Waals surface area contributed by atoms with Gasteiger partial charge in [-0.2, -0.15) is 0 Å². The molecule has 0 unspecified atom stereocenters. The van der Waals surface area contributed by atoms with Gasteiger partial charge < -0.3 is 0 Å². The van der Waals surface area contributed by atoms with Crippen LogP contribution in [0.4, 0.5) is 0 Å². The van der Waals surface area contributed by atoms with Gasteiger partial charge in [-0.05, 0) is 0 Å². The molecule has 10 nitrogen and oxygen atoms in total. The van der Waals surface area contributed by atoms with Gasteiger partial charge >= 0.3 is 601 Å². The minimum Gasteiger partial charge on any atom is 1.00 e. The molecular formula is C78H64Au2Cl2O10P4. The van der Waals surface area contributed by atoms with Crippen molar-refractivity contribution >= 4 is 114 Å². The third-order valence-corrected chi connectivity index (χ3v) is 37.5. The second kappa shape index (κ2) is 31.6. The van der Waals surface area contributed by atoms with Gasteiger partial charge in [0, 0.05) is 0 Å². The van der Waals surface area contributed by atoms with Gasteiger partial charge in [-0.15, -0.1) is 0 Å². The van der Waals surface area contributed by atoms with Gasteiger partial charge in [0.1, 0.15) is 0 Å². The number of Topliss-reactive ketones (excluding diaryl/α,β-unsaturated/α-hetero) is 2. The van der Waals surface area contributed by atoms with Crippen LogP contribution in [-0.4, -0.2) is 23.2 Å². The molecule has 0 aromatic heterocycles. The molecule has 0 N–H and O–H groups in total. The summed E-state index contributed by atoms with van der Waals surface area (Å²) in [6.07, 6.45) is 2.77. The molecule has 0 saturated carbocycles. The van der Waals surface area contributed by atoms with Crippen molar-refractivity contribution in [3.8, 4) is 0 Å². The molecule has 0 aliphatic heterocycles. The first-order valence-electron chi connectivity index (χ1n) is 29.8. The summed E-state index contributed by atoms with van der Waals surface area (Å²) in [6.45, 7) is -15.7. The van der Waals surface area contributed by atoms with E-state index in [0.717, 1.165) is 31.8 Å². The monoisotopic (exact) mass is 1750 g/mol. The summed E-state index contributed by atoms with van der Waals surface area (Å²) in [5, 5.41) is 8.01. The maximum atomic E-state index is 15.2. The topological polar surface area (TPSA) is 191 Å². The number of hydrogen-bond donors (Lipinski definition) is 0. The molecule has 0 heterocycles. The molecule has 96 heavy (non-hydrogen) atoms. The fourth-order valence-corrected chi connectivity index (χ4v) is 33.7. The van der Waals surface area contributed by atoms with E-state index in [4.69, 9.17) is 8.15 Å². The van der Waals surface area contributed by atoms with Crippen LogP contribution in [0.1, 0.15) is 0 Å². The maximum Gasteiger partial charge on any atom is 1.00 e. The van der Waals surface area contributed by atoms with Crippen LogP contribution in [-0.2, 0) is 62.5 Å². The van der Waals surface area contributed by atoms with E-state index < -0.39 is 59.5 Å². The molecule has 0 spiro atoms. The minimum atomic E-state index is -5.06. The van der Waals surface area contributed by atoms with Gasteiger partial charge in [-0.1, -0.05) is 0 Å². The van der Waals surface area contributed by atoms with Crippen molar-refractivity contribution in [1.29, 1.82) is 0 Å². The average Bonchev–Trinajstić information content (AvgIpc) is 0.688.